The van der Waals surface area contributed by atoms with Crippen molar-refractivity contribution in [3.63, 3.8) is 0 Å². The van der Waals surface area contributed by atoms with Crippen molar-refractivity contribution in [2.45, 2.75) is 0 Å². The molecule has 0 aromatic rings. The van der Waals surface area contributed by atoms with E-state index in [9.17, 15) is 0 Å². The molecule has 0 aromatic carbocycles. The first-order valence-electron chi connectivity index (χ1n) is 2.75. The Hall–Kier alpha value is -0.840. The molecule has 0 spiro atoms. The Bertz CT molecular complexity index is 79.0. The number of hydrogen-bond acceptors (Lipinski definition) is 3. The number of nitrogens with zero attached hydrogens (tertiary/aromatic N) is 3. The molecule has 0 heterocycles. The molecule has 0 aliphatic rings. The first-order valence-corrected chi connectivity index (χ1v) is 2.75. The largest absolute Gasteiger partial charge is 0.308 e. The summed E-state index contributed by atoms with van der Waals surface area (Å²) in [6.45, 7) is 1.70. The van der Waals surface area contributed by atoms with Crippen molar-refractivity contribution in [2.75, 3.05) is 27.2 Å². The van der Waals surface area contributed by atoms with Crippen LogP contribution in [0.25, 0.3) is 0 Å². The molecule has 9 heavy (non-hydrogen) atoms. The van der Waals surface area contributed by atoms with Gasteiger partial charge in [0.1, 0.15) is 0 Å². The summed E-state index contributed by atoms with van der Waals surface area (Å²) >= 11 is 0. The van der Waals surface area contributed by atoms with E-state index in [0.717, 1.165) is 13.1 Å². The number of likely N-dealkylation sites (N-methyl/N-ethyl adjacent to an activating group) is 1. The summed E-state index contributed by atoms with van der Waals surface area (Å²) in [6, 6.07) is 0. The lowest BCUT2D eigenvalue weighted by atomic mass is 10.6. The van der Waals surface area contributed by atoms with Gasteiger partial charge in [-0.05, 0) is 14.1 Å². The van der Waals surface area contributed by atoms with E-state index in [2.05, 4.69) is 15.9 Å². The predicted octanol–water partition coefficient (Wildman–Crippen LogP) is -0.621. The van der Waals surface area contributed by atoms with Gasteiger partial charge in [-0.2, -0.15) is 0 Å². The molecule has 0 saturated carbocycles. The van der Waals surface area contributed by atoms with Crippen LogP contribution in [0.2, 0.25) is 0 Å². The minimum absolute atomic E-state index is 0.772. The van der Waals surface area contributed by atoms with Crippen LogP contribution in [-0.4, -0.2) is 32.1 Å². The zero-order chi connectivity index (χ0) is 7.11. The van der Waals surface area contributed by atoms with Crippen LogP contribution in [0.4, 0.5) is 0 Å². The third-order valence-corrected chi connectivity index (χ3v) is 0.799. The lowest BCUT2D eigenvalue weighted by Crippen LogP contribution is -2.23. The van der Waals surface area contributed by atoms with Gasteiger partial charge >= 0.3 is 0 Å². The van der Waals surface area contributed by atoms with E-state index in [1.165, 1.54) is 0 Å². The maximum atomic E-state index is 4.73. The van der Waals surface area contributed by atoms with E-state index in [-0.39, 0.29) is 0 Å². The maximum Gasteiger partial charge on any atom is 0.0474 e. The Kier molecular flexibility index (Phi) is 4.81. The molecule has 0 aromatic heterocycles. The molecule has 0 aliphatic carbocycles. The molecule has 5 nitrogen and oxygen atoms in total. The van der Waals surface area contributed by atoms with Crippen molar-refractivity contribution < 1.29 is 0 Å². The van der Waals surface area contributed by atoms with Gasteiger partial charge in [0.15, 0.2) is 0 Å². The van der Waals surface area contributed by atoms with Crippen molar-refractivity contribution in [1.29, 1.82) is 0 Å². The fraction of sp³-hybridized carbons (Fsp3) is 1.00. The highest BCUT2D eigenvalue weighted by molar-refractivity contribution is 4.42. The van der Waals surface area contributed by atoms with Gasteiger partial charge < -0.3 is 10.7 Å². The first-order chi connectivity index (χ1) is 4.27. The third-order valence-electron chi connectivity index (χ3n) is 0.799. The zero-order valence-electron chi connectivity index (χ0n) is 5.83. The average molecular weight is 131 g/mol. The Morgan fingerprint density at radius 2 is 2.22 bits per heavy atom. The Morgan fingerprint density at radius 1 is 1.56 bits per heavy atom. The fourth-order valence-corrected chi connectivity index (χ4v) is 0.364. The molecule has 54 valence electrons. The van der Waals surface area contributed by atoms with E-state index < -0.39 is 0 Å². The standard InChI is InChI=1S/C4H13N5/c1-9(2)4-3-6-8-7-5/h3-4H2,1-2H3,(H2,5,8)(H,6,7). The van der Waals surface area contributed by atoms with Gasteiger partial charge in [-0.25, -0.2) is 0 Å². The molecule has 0 fully saturated rings. The fourth-order valence-electron chi connectivity index (χ4n) is 0.364. The minimum Gasteiger partial charge on any atom is -0.308 e. The highest BCUT2D eigenvalue weighted by Gasteiger charge is 1.85. The molecular formula is C4H13N5. The van der Waals surface area contributed by atoms with E-state index >= 15 is 0 Å². The lowest BCUT2D eigenvalue weighted by molar-refractivity contribution is 0.399. The van der Waals surface area contributed by atoms with Crippen LogP contribution in [-0.2, 0) is 0 Å². The molecule has 0 unspecified atom stereocenters. The second-order valence-corrected chi connectivity index (χ2v) is 1.93. The Morgan fingerprint density at radius 3 is 2.67 bits per heavy atom. The van der Waals surface area contributed by atoms with Crippen molar-refractivity contribution in [1.82, 2.24) is 10.3 Å². The number of rotatable bonds is 4. The van der Waals surface area contributed by atoms with Crippen molar-refractivity contribution >= 4 is 0 Å². The zero-order valence-corrected chi connectivity index (χ0v) is 5.83. The monoisotopic (exact) mass is 131 g/mol. The SMILES string of the molecule is CN(C)CCN/N=N\N. The topological polar surface area (TPSA) is 66.0 Å². The van der Waals surface area contributed by atoms with E-state index in [4.69, 9.17) is 5.84 Å². The molecule has 0 rings (SSSR count). The van der Waals surface area contributed by atoms with E-state index in [1.807, 2.05) is 19.0 Å². The van der Waals surface area contributed by atoms with Crippen LogP contribution in [0.1, 0.15) is 0 Å². The van der Waals surface area contributed by atoms with Crippen LogP contribution in [0.3, 0.4) is 0 Å². The molecule has 0 aliphatic heterocycles. The van der Waals surface area contributed by atoms with Crippen molar-refractivity contribution in [2.24, 2.45) is 16.3 Å². The number of nitrogens with two attached hydrogens (primary N) is 1. The van der Waals surface area contributed by atoms with Gasteiger partial charge in [0.25, 0.3) is 0 Å². The average Bonchev–Trinajstić information content (AvgIpc) is 1.80. The van der Waals surface area contributed by atoms with Crippen LogP contribution in [0.15, 0.2) is 10.4 Å². The summed E-state index contributed by atoms with van der Waals surface area (Å²) in [6.07, 6.45) is 0. The summed E-state index contributed by atoms with van der Waals surface area (Å²) in [5.41, 5.74) is 2.66. The molecule has 0 atom stereocenters. The highest BCUT2D eigenvalue weighted by Crippen LogP contribution is 1.69. The predicted molar refractivity (Wildman–Crippen MR) is 35.6 cm³/mol. The smallest absolute Gasteiger partial charge is 0.0474 e. The lowest BCUT2D eigenvalue weighted by Gasteiger charge is -2.06. The second kappa shape index (κ2) is 5.30. The molecule has 0 bridgehead atoms. The normalized spacial score (nSPS) is 11.0. The molecule has 3 N–H and O–H groups in total. The summed E-state index contributed by atoms with van der Waals surface area (Å²) in [7, 11) is 3.97. The van der Waals surface area contributed by atoms with Gasteiger partial charge in [0, 0.05) is 13.1 Å². The van der Waals surface area contributed by atoms with Gasteiger partial charge in [-0.1, -0.05) is 10.4 Å². The first kappa shape index (κ1) is 8.16. The maximum absolute atomic E-state index is 4.73. The van der Waals surface area contributed by atoms with Crippen molar-refractivity contribution in [3.05, 3.63) is 0 Å². The third kappa shape index (κ3) is 7.16. The summed E-state index contributed by atoms with van der Waals surface area (Å²) in [5, 5.41) is 6.40. The van der Waals surface area contributed by atoms with Crippen LogP contribution in [0.5, 0.6) is 0 Å². The van der Waals surface area contributed by atoms with Crippen LogP contribution < -0.4 is 11.3 Å². The summed E-state index contributed by atoms with van der Waals surface area (Å²) in [5.74, 6) is 4.73. The van der Waals surface area contributed by atoms with Crippen LogP contribution >= 0.6 is 0 Å². The molecule has 0 amide bonds. The van der Waals surface area contributed by atoms with Gasteiger partial charge in [-0.15, -0.1) is 0 Å². The number of hydrogen-bond donors (Lipinski definition) is 2. The molecular weight excluding hydrogens is 118 g/mol. The molecule has 5 heteroatoms. The Labute approximate surface area is 54.9 Å². The molecule has 0 saturated heterocycles. The van der Waals surface area contributed by atoms with Gasteiger partial charge in [0.05, 0.1) is 0 Å². The second-order valence-electron chi connectivity index (χ2n) is 1.93. The quantitative estimate of drug-likeness (QED) is 0.231. The minimum atomic E-state index is 0.772. The summed E-state index contributed by atoms with van der Waals surface area (Å²) < 4.78 is 0. The van der Waals surface area contributed by atoms with Crippen molar-refractivity contribution in [3.8, 4) is 0 Å². The Balaban J connectivity index is 2.91. The van der Waals surface area contributed by atoms with E-state index in [0.29, 0.717) is 0 Å². The summed E-state index contributed by atoms with van der Waals surface area (Å²) in [4.78, 5) is 2.04. The van der Waals surface area contributed by atoms with Gasteiger partial charge in [-0.3, -0.25) is 5.43 Å². The van der Waals surface area contributed by atoms with Crippen LogP contribution in [0, 0.1) is 0 Å². The van der Waals surface area contributed by atoms with E-state index in [1.54, 1.807) is 0 Å². The highest BCUT2D eigenvalue weighted by atomic mass is 15.5. The number of nitrogens with one attached hydrogen (secondary N) is 1. The van der Waals surface area contributed by atoms with Gasteiger partial charge in [0.2, 0.25) is 0 Å². The molecule has 0 radical (unpaired) electrons.